The Hall–Kier alpha value is -1.42. The molecule has 1 aromatic carbocycles. The zero-order chi connectivity index (χ0) is 14.5. The minimum atomic E-state index is -0.743. The molecule has 1 atom stereocenters. The maximum Gasteiger partial charge on any atom is 0.162 e. The zero-order valence-electron chi connectivity index (χ0n) is 11.9. The number of halogens is 2. The predicted octanol–water partition coefficient (Wildman–Crippen LogP) is 3.56. The number of rotatable bonds is 5. The Bertz CT molecular complexity index is 498. The monoisotopic (exact) mass is 282 g/mol. The molecule has 0 aromatic heterocycles. The van der Waals surface area contributed by atoms with Gasteiger partial charge in [0.25, 0.3) is 0 Å². The second kappa shape index (κ2) is 6.84. The summed E-state index contributed by atoms with van der Waals surface area (Å²) in [5.74, 6) is -1.46. The summed E-state index contributed by atoms with van der Waals surface area (Å²) in [6.45, 7) is 2.25. The summed E-state index contributed by atoms with van der Waals surface area (Å²) in [6.07, 6.45) is 5.69. The zero-order valence-corrected chi connectivity index (χ0v) is 11.9. The van der Waals surface area contributed by atoms with Gasteiger partial charge in [0.2, 0.25) is 0 Å². The van der Waals surface area contributed by atoms with Gasteiger partial charge < -0.3 is 9.47 Å². The molecular formula is C16H20F2O2. The van der Waals surface area contributed by atoms with E-state index in [2.05, 4.69) is 0 Å². The molecule has 1 aliphatic rings. The van der Waals surface area contributed by atoms with Crippen molar-refractivity contribution in [2.45, 2.75) is 38.7 Å². The van der Waals surface area contributed by atoms with E-state index in [-0.39, 0.29) is 6.10 Å². The standard InChI is InChI=1S/C16H20F2O2/c1-3-7-20-13-5-4-11-9-12(6-8-19-2)15(17)16(18)14(11)10-13/h3,7,9,13H,4-6,8,10H2,1-2H3. The molecule has 110 valence electrons. The van der Waals surface area contributed by atoms with Gasteiger partial charge in [-0.25, -0.2) is 8.78 Å². The van der Waals surface area contributed by atoms with E-state index in [0.29, 0.717) is 30.6 Å². The normalized spacial score (nSPS) is 18.3. The number of benzene rings is 1. The number of fused-ring (bicyclic) bond motifs is 1. The molecule has 0 bridgehead atoms. The first-order valence-electron chi connectivity index (χ1n) is 6.91. The fourth-order valence-electron chi connectivity index (χ4n) is 2.56. The smallest absolute Gasteiger partial charge is 0.162 e. The number of ether oxygens (including phenoxy) is 2. The van der Waals surface area contributed by atoms with E-state index < -0.39 is 11.6 Å². The lowest BCUT2D eigenvalue weighted by Crippen LogP contribution is -2.23. The highest BCUT2D eigenvalue weighted by atomic mass is 19.2. The molecule has 0 aliphatic heterocycles. The van der Waals surface area contributed by atoms with Crippen molar-refractivity contribution in [3.05, 3.63) is 46.7 Å². The van der Waals surface area contributed by atoms with Gasteiger partial charge in [-0.2, -0.15) is 0 Å². The third-order valence-corrected chi connectivity index (χ3v) is 3.63. The number of allylic oxidation sites excluding steroid dienone is 1. The van der Waals surface area contributed by atoms with Crippen LogP contribution in [-0.2, 0) is 28.7 Å². The lowest BCUT2D eigenvalue weighted by Gasteiger charge is -2.25. The molecular weight excluding hydrogens is 262 g/mol. The average Bonchev–Trinajstić information content (AvgIpc) is 2.47. The van der Waals surface area contributed by atoms with Crippen LogP contribution in [0.2, 0.25) is 0 Å². The summed E-state index contributed by atoms with van der Waals surface area (Å²) in [7, 11) is 1.55. The van der Waals surface area contributed by atoms with Crippen LogP contribution in [0.1, 0.15) is 30.0 Å². The highest BCUT2D eigenvalue weighted by Crippen LogP contribution is 2.29. The van der Waals surface area contributed by atoms with Crippen molar-refractivity contribution in [2.75, 3.05) is 13.7 Å². The third-order valence-electron chi connectivity index (χ3n) is 3.63. The van der Waals surface area contributed by atoms with E-state index in [1.165, 1.54) is 0 Å². The molecule has 0 radical (unpaired) electrons. The van der Waals surface area contributed by atoms with Crippen LogP contribution in [-0.4, -0.2) is 19.8 Å². The van der Waals surface area contributed by atoms with Crippen molar-refractivity contribution in [1.82, 2.24) is 0 Å². The van der Waals surface area contributed by atoms with Gasteiger partial charge in [-0.3, -0.25) is 0 Å². The Morgan fingerprint density at radius 1 is 1.35 bits per heavy atom. The molecule has 2 rings (SSSR count). The fraction of sp³-hybridized carbons (Fsp3) is 0.500. The number of hydrogen-bond donors (Lipinski definition) is 0. The molecule has 0 amide bonds. The van der Waals surface area contributed by atoms with Crippen molar-refractivity contribution < 1.29 is 18.3 Å². The second-order valence-electron chi connectivity index (χ2n) is 5.01. The molecule has 0 heterocycles. The molecule has 2 nitrogen and oxygen atoms in total. The summed E-state index contributed by atoms with van der Waals surface area (Å²) in [5, 5.41) is 0. The Balaban J connectivity index is 2.23. The van der Waals surface area contributed by atoms with Crippen LogP contribution in [0.3, 0.4) is 0 Å². The molecule has 1 aliphatic carbocycles. The summed E-state index contributed by atoms with van der Waals surface area (Å²) < 4.78 is 38.6. The average molecular weight is 282 g/mol. The SMILES string of the molecule is CC=COC1CCc2cc(CCOC)c(F)c(F)c2C1. The molecule has 0 saturated carbocycles. The van der Waals surface area contributed by atoms with Crippen LogP contribution >= 0.6 is 0 Å². The van der Waals surface area contributed by atoms with Gasteiger partial charge in [0, 0.05) is 13.5 Å². The van der Waals surface area contributed by atoms with Crippen LogP contribution < -0.4 is 0 Å². The first kappa shape index (κ1) is 15.0. The van der Waals surface area contributed by atoms with Crippen LogP contribution in [0.5, 0.6) is 0 Å². The largest absolute Gasteiger partial charge is 0.498 e. The van der Waals surface area contributed by atoms with Gasteiger partial charge in [-0.15, -0.1) is 0 Å². The summed E-state index contributed by atoms with van der Waals surface area (Å²) in [4.78, 5) is 0. The lowest BCUT2D eigenvalue weighted by atomic mass is 9.87. The fourth-order valence-corrected chi connectivity index (χ4v) is 2.56. The highest BCUT2D eigenvalue weighted by Gasteiger charge is 2.25. The van der Waals surface area contributed by atoms with Crippen LogP contribution in [0, 0.1) is 11.6 Å². The third kappa shape index (κ3) is 3.18. The first-order chi connectivity index (χ1) is 9.67. The molecule has 0 spiro atoms. The van der Waals surface area contributed by atoms with Crippen molar-refractivity contribution in [1.29, 1.82) is 0 Å². The molecule has 0 N–H and O–H groups in total. The van der Waals surface area contributed by atoms with Crippen molar-refractivity contribution >= 4 is 0 Å². The van der Waals surface area contributed by atoms with E-state index in [4.69, 9.17) is 9.47 Å². The van der Waals surface area contributed by atoms with E-state index in [1.807, 2.05) is 6.92 Å². The second-order valence-corrected chi connectivity index (χ2v) is 5.01. The number of methoxy groups -OCH3 is 1. The predicted molar refractivity (Wildman–Crippen MR) is 73.7 cm³/mol. The van der Waals surface area contributed by atoms with Gasteiger partial charge >= 0.3 is 0 Å². The van der Waals surface area contributed by atoms with E-state index in [1.54, 1.807) is 25.5 Å². The number of hydrogen-bond acceptors (Lipinski definition) is 2. The molecule has 0 fully saturated rings. The van der Waals surface area contributed by atoms with E-state index in [0.717, 1.165) is 18.4 Å². The molecule has 20 heavy (non-hydrogen) atoms. The van der Waals surface area contributed by atoms with Gasteiger partial charge in [0.15, 0.2) is 11.6 Å². The Morgan fingerprint density at radius 2 is 2.15 bits per heavy atom. The summed E-state index contributed by atoms with van der Waals surface area (Å²) in [5.41, 5.74) is 1.76. The van der Waals surface area contributed by atoms with Crippen LogP contribution in [0.4, 0.5) is 8.78 Å². The van der Waals surface area contributed by atoms with Crippen molar-refractivity contribution in [3.8, 4) is 0 Å². The Labute approximate surface area is 118 Å². The number of aryl methyl sites for hydroxylation is 1. The Morgan fingerprint density at radius 3 is 2.85 bits per heavy atom. The minimum absolute atomic E-state index is 0.0718. The molecule has 0 saturated heterocycles. The quantitative estimate of drug-likeness (QED) is 0.769. The summed E-state index contributed by atoms with van der Waals surface area (Å²) >= 11 is 0. The topological polar surface area (TPSA) is 18.5 Å². The summed E-state index contributed by atoms with van der Waals surface area (Å²) in [6, 6.07) is 1.78. The van der Waals surface area contributed by atoms with Gasteiger partial charge in [0.05, 0.1) is 12.9 Å². The van der Waals surface area contributed by atoms with Crippen molar-refractivity contribution in [3.63, 3.8) is 0 Å². The molecule has 1 aromatic rings. The van der Waals surface area contributed by atoms with E-state index in [9.17, 15) is 8.78 Å². The lowest BCUT2D eigenvalue weighted by molar-refractivity contribution is 0.128. The maximum atomic E-state index is 14.2. The van der Waals surface area contributed by atoms with Gasteiger partial charge in [-0.05, 0) is 42.9 Å². The van der Waals surface area contributed by atoms with Crippen LogP contribution in [0.25, 0.3) is 0 Å². The minimum Gasteiger partial charge on any atom is -0.498 e. The molecule has 1 unspecified atom stereocenters. The first-order valence-corrected chi connectivity index (χ1v) is 6.91. The van der Waals surface area contributed by atoms with Gasteiger partial charge in [0.1, 0.15) is 6.10 Å². The Kier molecular flexibility index (Phi) is 5.12. The van der Waals surface area contributed by atoms with Crippen LogP contribution in [0.15, 0.2) is 18.4 Å². The maximum absolute atomic E-state index is 14.2. The van der Waals surface area contributed by atoms with Crippen molar-refractivity contribution in [2.24, 2.45) is 0 Å². The van der Waals surface area contributed by atoms with Gasteiger partial charge in [-0.1, -0.05) is 12.1 Å². The highest BCUT2D eigenvalue weighted by molar-refractivity contribution is 5.37. The molecule has 4 heteroatoms. The van der Waals surface area contributed by atoms with E-state index >= 15 is 0 Å².